The SMILES string of the molecule is Brc1ccccc1C1(CN2CCC2)CCC1. The van der Waals surface area contributed by atoms with Gasteiger partial charge in [0.05, 0.1) is 0 Å². The molecule has 0 bridgehead atoms. The fraction of sp³-hybridized carbons (Fsp3) is 0.571. The zero-order valence-electron chi connectivity index (χ0n) is 9.58. The summed E-state index contributed by atoms with van der Waals surface area (Å²) in [7, 11) is 0. The highest BCUT2D eigenvalue weighted by Gasteiger charge is 2.41. The van der Waals surface area contributed by atoms with Crippen LogP contribution >= 0.6 is 15.9 Å². The molecule has 0 N–H and O–H groups in total. The lowest BCUT2D eigenvalue weighted by Gasteiger charge is -2.48. The third-order valence-electron chi connectivity index (χ3n) is 4.23. The van der Waals surface area contributed by atoms with Gasteiger partial charge in [0.15, 0.2) is 0 Å². The molecule has 3 rings (SSSR count). The molecule has 0 spiro atoms. The number of hydrogen-bond donors (Lipinski definition) is 0. The van der Waals surface area contributed by atoms with Crippen molar-refractivity contribution in [2.24, 2.45) is 0 Å². The van der Waals surface area contributed by atoms with E-state index in [-0.39, 0.29) is 0 Å². The maximum atomic E-state index is 3.72. The van der Waals surface area contributed by atoms with Crippen molar-refractivity contribution < 1.29 is 0 Å². The van der Waals surface area contributed by atoms with E-state index in [0.29, 0.717) is 5.41 Å². The summed E-state index contributed by atoms with van der Waals surface area (Å²) in [4.78, 5) is 2.61. The fourth-order valence-electron chi connectivity index (χ4n) is 2.98. The first kappa shape index (κ1) is 10.8. The fourth-order valence-corrected chi connectivity index (χ4v) is 3.68. The van der Waals surface area contributed by atoms with Crippen LogP contribution in [-0.2, 0) is 5.41 Å². The summed E-state index contributed by atoms with van der Waals surface area (Å²) in [6.45, 7) is 3.90. The molecule has 86 valence electrons. The predicted molar refractivity (Wildman–Crippen MR) is 70.7 cm³/mol. The Bertz CT molecular complexity index is 380. The molecule has 2 heteroatoms. The Morgan fingerprint density at radius 3 is 2.38 bits per heavy atom. The molecule has 0 atom stereocenters. The molecule has 1 aromatic rings. The molecule has 1 saturated carbocycles. The van der Waals surface area contributed by atoms with Crippen LogP contribution in [0, 0.1) is 0 Å². The maximum absolute atomic E-state index is 3.72. The molecule has 1 heterocycles. The molecule has 0 aromatic heterocycles. The summed E-state index contributed by atoms with van der Waals surface area (Å²) in [5.74, 6) is 0. The lowest BCUT2D eigenvalue weighted by molar-refractivity contribution is 0.0932. The van der Waals surface area contributed by atoms with E-state index >= 15 is 0 Å². The van der Waals surface area contributed by atoms with Crippen molar-refractivity contribution in [2.75, 3.05) is 19.6 Å². The van der Waals surface area contributed by atoms with Gasteiger partial charge < -0.3 is 4.90 Å². The smallest absolute Gasteiger partial charge is 0.0213 e. The molecular weight excluding hydrogens is 262 g/mol. The molecule has 0 unspecified atom stereocenters. The quantitative estimate of drug-likeness (QED) is 0.818. The van der Waals surface area contributed by atoms with Crippen LogP contribution in [0.5, 0.6) is 0 Å². The first-order chi connectivity index (χ1) is 7.80. The summed E-state index contributed by atoms with van der Waals surface area (Å²) < 4.78 is 1.30. The van der Waals surface area contributed by atoms with E-state index in [4.69, 9.17) is 0 Å². The van der Waals surface area contributed by atoms with Gasteiger partial charge in [0, 0.05) is 16.4 Å². The molecule has 1 aliphatic heterocycles. The molecule has 2 fully saturated rings. The minimum absolute atomic E-state index is 0.459. The van der Waals surface area contributed by atoms with Crippen molar-refractivity contribution in [3.8, 4) is 0 Å². The topological polar surface area (TPSA) is 3.24 Å². The Kier molecular flexibility index (Phi) is 2.80. The van der Waals surface area contributed by atoms with E-state index in [1.54, 1.807) is 0 Å². The van der Waals surface area contributed by atoms with E-state index in [0.717, 1.165) is 0 Å². The van der Waals surface area contributed by atoms with Crippen LogP contribution in [0.4, 0.5) is 0 Å². The molecule has 1 aliphatic carbocycles. The Morgan fingerprint density at radius 2 is 1.88 bits per heavy atom. The van der Waals surface area contributed by atoms with Crippen LogP contribution in [0.2, 0.25) is 0 Å². The van der Waals surface area contributed by atoms with Gasteiger partial charge in [0.1, 0.15) is 0 Å². The Labute approximate surface area is 106 Å². The Balaban J connectivity index is 1.86. The van der Waals surface area contributed by atoms with Crippen LogP contribution in [0.1, 0.15) is 31.2 Å². The van der Waals surface area contributed by atoms with Crippen LogP contribution in [0.15, 0.2) is 28.7 Å². The van der Waals surface area contributed by atoms with E-state index < -0.39 is 0 Å². The van der Waals surface area contributed by atoms with Gasteiger partial charge in [-0.15, -0.1) is 0 Å². The summed E-state index contributed by atoms with van der Waals surface area (Å²) in [6.07, 6.45) is 5.53. The number of halogens is 1. The van der Waals surface area contributed by atoms with E-state index in [2.05, 4.69) is 45.1 Å². The Hall–Kier alpha value is -0.340. The van der Waals surface area contributed by atoms with Crippen molar-refractivity contribution in [3.63, 3.8) is 0 Å². The maximum Gasteiger partial charge on any atom is 0.0213 e. The highest BCUT2D eigenvalue weighted by molar-refractivity contribution is 9.10. The molecular formula is C14H18BrN. The van der Waals surface area contributed by atoms with Gasteiger partial charge in [-0.2, -0.15) is 0 Å². The van der Waals surface area contributed by atoms with E-state index in [1.807, 2.05) is 0 Å². The van der Waals surface area contributed by atoms with Gasteiger partial charge in [-0.05, 0) is 44.0 Å². The lowest BCUT2D eigenvalue weighted by atomic mass is 9.64. The lowest BCUT2D eigenvalue weighted by Crippen LogP contribution is -2.50. The number of benzene rings is 1. The van der Waals surface area contributed by atoms with Gasteiger partial charge in [-0.1, -0.05) is 40.5 Å². The first-order valence-electron chi connectivity index (χ1n) is 6.28. The number of hydrogen-bond acceptors (Lipinski definition) is 1. The van der Waals surface area contributed by atoms with Gasteiger partial charge in [-0.3, -0.25) is 0 Å². The normalized spacial score (nSPS) is 23.6. The average molecular weight is 280 g/mol. The standard InChI is InChI=1S/C14H18BrN/c15-13-6-2-1-5-12(13)14(7-3-8-14)11-16-9-4-10-16/h1-2,5-6H,3-4,7-11H2. The van der Waals surface area contributed by atoms with Gasteiger partial charge in [0.2, 0.25) is 0 Å². The summed E-state index contributed by atoms with van der Waals surface area (Å²) in [6, 6.07) is 8.79. The third kappa shape index (κ3) is 1.72. The molecule has 0 amide bonds. The van der Waals surface area contributed by atoms with Crippen molar-refractivity contribution in [1.82, 2.24) is 4.90 Å². The van der Waals surface area contributed by atoms with Crippen molar-refractivity contribution in [1.29, 1.82) is 0 Å². The molecule has 16 heavy (non-hydrogen) atoms. The van der Waals surface area contributed by atoms with Gasteiger partial charge >= 0.3 is 0 Å². The summed E-state index contributed by atoms with van der Waals surface area (Å²) >= 11 is 3.72. The highest BCUT2D eigenvalue weighted by Crippen LogP contribution is 2.47. The first-order valence-corrected chi connectivity index (χ1v) is 7.07. The predicted octanol–water partition coefficient (Wildman–Crippen LogP) is 3.58. The van der Waals surface area contributed by atoms with Gasteiger partial charge in [0.25, 0.3) is 0 Å². The largest absolute Gasteiger partial charge is 0.302 e. The second-order valence-electron chi connectivity index (χ2n) is 5.24. The molecule has 1 aromatic carbocycles. The van der Waals surface area contributed by atoms with Crippen molar-refractivity contribution >= 4 is 15.9 Å². The molecule has 1 saturated heterocycles. The van der Waals surface area contributed by atoms with Crippen LogP contribution in [0.3, 0.4) is 0 Å². The zero-order chi connectivity index (χ0) is 11.0. The molecule has 2 aliphatic rings. The monoisotopic (exact) mass is 279 g/mol. The third-order valence-corrected chi connectivity index (χ3v) is 4.92. The van der Waals surface area contributed by atoms with E-state index in [1.165, 1.54) is 55.4 Å². The second kappa shape index (κ2) is 4.15. The minimum atomic E-state index is 0.459. The van der Waals surface area contributed by atoms with Crippen LogP contribution in [0.25, 0.3) is 0 Å². The minimum Gasteiger partial charge on any atom is -0.302 e. The zero-order valence-corrected chi connectivity index (χ0v) is 11.2. The number of nitrogens with zero attached hydrogens (tertiary/aromatic N) is 1. The average Bonchev–Trinajstić information content (AvgIpc) is 2.16. The Morgan fingerprint density at radius 1 is 1.12 bits per heavy atom. The summed E-state index contributed by atoms with van der Waals surface area (Å²) in [5, 5.41) is 0. The van der Waals surface area contributed by atoms with Crippen molar-refractivity contribution in [2.45, 2.75) is 31.1 Å². The number of rotatable bonds is 3. The van der Waals surface area contributed by atoms with Crippen molar-refractivity contribution in [3.05, 3.63) is 34.3 Å². The second-order valence-corrected chi connectivity index (χ2v) is 6.10. The highest BCUT2D eigenvalue weighted by atomic mass is 79.9. The van der Waals surface area contributed by atoms with Crippen LogP contribution in [-0.4, -0.2) is 24.5 Å². The van der Waals surface area contributed by atoms with Crippen LogP contribution < -0.4 is 0 Å². The summed E-state index contributed by atoms with van der Waals surface area (Å²) in [5.41, 5.74) is 1.99. The molecule has 0 radical (unpaired) electrons. The van der Waals surface area contributed by atoms with Gasteiger partial charge in [-0.25, -0.2) is 0 Å². The number of likely N-dealkylation sites (tertiary alicyclic amines) is 1. The van der Waals surface area contributed by atoms with E-state index in [9.17, 15) is 0 Å². The molecule has 1 nitrogen and oxygen atoms in total.